The molecule has 0 fully saturated rings. The Hall–Kier alpha value is -0.370. The van der Waals surface area contributed by atoms with E-state index in [0.717, 1.165) is 12.8 Å². The molecule has 0 saturated heterocycles. The molecule has 0 aromatic heterocycles. The maximum atomic E-state index is 12.5. The van der Waals surface area contributed by atoms with Gasteiger partial charge >= 0.3 is 0 Å². The van der Waals surface area contributed by atoms with Crippen molar-refractivity contribution in [1.82, 2.24) is 0 Å². The summed E-state index contributed by atoms with van der Waals surface area (Å²) in [6.07, 6.45) is 4.33. The van der Waals surface area contributed by atoms with Gasteiger partial charge in [0.2, 0.25) is 0 Å². The van der Waals surface area contributed by atoms with Gasteiger partial charge in [-0.25, -0.2) is 4.39 Å². The normalized spacial score (nSPS) is 12.1. The van der Waals surface area contributed by atoms with Crippen molar-refractivity contribution in [3.63, 3.8) is 0 Å². The Morgan fingerprint density at radius 2 is 2.30 bits per heavy atom. The second-order valence-corrected chi connectivity index (χ2v) is 2.27. The lowest BCUT2D eigenvalue weighted by atomic mass is 10.2. The monoisotopic (exact) mass is 146 g/mol. The number of hydrogen-bond donors (Lipinski definition) is 1. The highest BCUT2D eigenvalue weighted by molar-refractivity contribution is 4.90. The number of rotatable bonds is 5. The molecule has 10 heavy (non-hydrogen) atoms. The molecular weight excluding hydrogens is 131 g/mol. The van der Waals surface area contributed by atoms with Crippen LogP contribution in [-0.2, 0) is 0 Å². The lowest BCUT2D eigenvalue weighted by Crippen LogP contribution is -1.80. The number of unbranched alkanes of at least 4 members (excludes halogenated alkanes) is 1. The first kappa shape index (κ1) is 9.63. The van der Waals surface area contributed by atoms with Crippen LogP contribution in [0, 0.1) is 0 Å². The molecule has 0 heterocycles. The van der Waals surface area contributed by atoms with Crippen LogP contribution in [0.25, 0.3) is 0 Å². The Morgan fingerprint density at radius 1 is 1.60 bits per heavy atom. The van der Waals surface area contributed by atoms with Crippen LogP contribution in [-0.4, -0.2) is 11.7 Å². The van der Waals surface area contributed by atoms with Gasteiger partial charge in [-0.15, -0.1) is 0 Å². The molecule has 0 radical (unpaired) electrons. The number of aliphatic hydroxyl groups is 1. The van der Waals surface area contributed by atoms with Crippen molar-refractivity contribution in [3.05, 3.63) is 11.9 Å². The van der Waals surface area contributed by atoms with Crippen LogP contribution in [0.2, 0.25) is 0 Å². The minimum Gasteiger partial charge on any atom is -0.396 e. The van der Waals surface area contributed by atoms with Gasteiger partial charge in [0.05, 0.1) is 5.83 Å². The second-order valence-electron chi connectivity index (χ2n) is 2.27. The van der Waals surface area contributed by atoms with Crippen LogP contribution in [0.15, 0.2) is 11.9 Å². The Bertz CT molecular complexity index is 99.4. The van der Waals surface area contributed by atoms with Crippen molar-refractivity contribution < 1.29 is 9.50 Å². The van der Waals surface area contributed by atoms with Crippen LogP contribution in [0.3, 0.4) is 0 Å². The summed E-state index contributed by atoms with van der Waals surface area (Å²) in [5.74, 6) is -0.0871. The van der Waals surface area contributed by atoms with Crippen molar-refractivity contribution in [2.75, 3.05) is 6.61 Å². The molecule has 60 valence electrons. The van der Waals surface area contributed by atoms with Gasteiger partial charge in [0, 0.05) is 6.61 Å². The van der Waals surface area contributed by atoms with E-state index >= 15 is 0 Å². The van der Waals surface area contributed by atoms with E-state index in [1.165, 1.54) is 6.08 Å². The van der Waals surface area contributed by atoms with Gasteiger partial charge in [0.1, 0.15) is 0 Å². The van der Waals surface area contributed by atoms with E-state index in [9.17, 15) is 4.39 Å². The van der Waals surface area contributed by atoms with Gasteiger partial charge in [-0.1, -0.05) is 19.4 Å². The van der Waals surface area contributed by atoms with Crippen molar-refractivity contribution in [1.29, 1.82) is 0 Å². The number of aliphatic hydroxyl groups excluding tert-OH is 1. The average molecular weight is 146 g/mol. The molecule has 0 unspecified atom stereocenters. The summed E-state index contributed by atoms with van der Waals surface area (Å²) in [4.78, 5) is 0. The highest BCUT2D eigenvalue weighted by Gasteiger charge is 1.91. The maximum absolute atomic E-state index is 12.5. The second kappa shape index (κ2) is 6.75. The van der Waals surface area contributed by atoms with Gasteiger partial charge in [0.15, 0.2) is 0 Å². The van der Waals surface area contributed by atoms with E-state index < -0.39 is 0 Å². The predicted molar refractivity (Wildman–Crippen MR) is 40.4 cm³/mol. The summed E-state index contributed by atoms with van der Waals surface area (Å²) in [5, 5.41) is 8.33. The summed E-state index contributed by atoms with van der Waals surface area (Å²) in [7, 11) is 0. The first-order valence-electron chi connectivity index (χ1n) is 3.76. The number of allylic oxidation sites excluding steroid dienone is 1. The lowest BCUT2D eigenvalue weighted by molar-refractivity contribution is 0.301. The maximum Gasteiger partial charge on any atom is 0.0960 e. The van der Waals surface area contributed by atoms with E-state index in [4.69, 9.17) is 5.11 Å². The summed E-state index contributed by atoms with van der Waals surface area (Å²) < 4.78 is 12.5. The molecule has 0 spiro atoms. The third kappa shape index (κ3) is 5.76. The minimum absolute atomic E-state index is 0.0412. The molecule has 0 aliphatic rings. The Kier molecular flexibility index (Phi) is 6.50. The number of halogens is 1. The van der Waals surface area contributed by atoms with E-state index in [1.54, 1.807) is 0 Å². The molecule has 0 aliphatic carbocycles. The topological polar surface area (TPSA) is 20.2 Å². The molecule has 0 aromatic carbocycles. The molecule has 1 nitrogen and oxygen atoms in total. The van der Waals surface area contributed by atoms with E-state index in [-0.39, 0.29) is 12.4 Å². The standard InChI is InChI=1S/C8H15FO/c1-2-3-5-8(9)6-4-7-10/h6,10H,2-5,7H2,1H3. The van der Waals surface area contributed by atoms with Crippen molar-refractivity contribution in [2.45, 2.75) is 32.6 Å². The van der Waals surface area contributed by atoms with Crippen LogP contribution in [0.4, 0.5) is 4.39 Å². The molecule has 0 saturated carbocycles. The zero-order valence-corrected chi connectivity index (χ0v) is 6.44. The van der Waals surface area contributed by atoms with Gasteiger partial charge < -0.3 is 5.11 Å². The van der Waals surface area contributed by atoms with Gasteiger partial charge in [-0.05, 0) is 19.3 Å². The SMILES string of the molecule is CCCCC(F)=CCCO. The molecular formula is C8H15FO. The fourth-order valence-corrected chi connectivity index (χ4v) is 0.669. The zero-order valence-electron chi connectivity index (χ0n) is 6.44. The molecule has 0 amide bonds. The first-order chi connectivity index (χ1) is 4.81. The highest BCUT2D eigenvalue weighted by atomic mass is 19.1. The van der Waals surface area contributed by atoms with Crippen LogP contribution in [0.1, 0.15) is 32.6 Å². The van der Waals surface area contributed by atoms with Crippen LogP contribution >= 0.6 is 0 Å². The fraction of sp³-hybridized carbons (Fsp3) is 0.750. The molecule has 0 aliphatic heterocycles. The first-order valence-corrected chi connectivity index (χ1v) is 3.76. The Morgan fingerprint density at radius 3 is 2.80 bits per heavy atom. The van der Waals surface area contributed by atoms with Gasteiger partial charge in [0.25, 0.3) is 0 Å². The molecule has 0 rings (SSSR count). The third-order valence-corrected chi connectivity index (χ3v) is 1.26. The van der Waals surface area contributed by atoms with Crippen LogP contribution < -0.4 is 0 Å². The van der Waals surface area contributed by atoms with Crippen molar-refractivity contribution in [2.24, 2.45) is 0 Å². The zero-order chi connectivity index (χ0) is 7.82. The van der Waals surface area contributed by atoms with Crippen molar-refractivity contribution >= 4 is 0 Å². The molecule has 0 bridgehead atoms. The summed E-state index contributed by atoms with van der Waals surface area (Å²) in [6.45, 7) is 2.07. The largest absolute Gasteiger partial charge is 0.396 e. The summed E-state index contributed by atoms with van der Waals surface area (Å²) in [5.41, 5.74) is 0. The lowest BCUT2D eigenvalue weighted by Gasteiger charge is -1.93. The Labute approximate surface area is 61.6 Å². The summed E-state index contributed by atoms with van der Waals surface area (Å²) >= 11 is 0. The van der Waals surface area contributed by atoms with Crippen LogP contribution in [0.5, 0.6) is 0 Å². The van der Waals surface area contributed by atoms with E-state index in [1.807, 2.05) is 6.92 Å². The average Bonchev–Trinajstić information content (AvgIpc) is 1.97. The summed E-state index contributed by atoms with van der Waals surface area (Å²) in [6, 6.07) is 0. The fourth-order valence-electron chi connectivity index (χ4n) is 0.669. The van der Waals surface area contributed by atoms with Crippen molar-refractivity contribution in [3.8, 4) is 0 Å². The predicted octanol–water partition coefficient (Wildman–Crippen LogP) is 2.41. The van der Waals surface area contributed by atoms with Gasteiger partial charge in [-0.3, -0.25) is 0 Å². The minimum atomic E-state index is -0.0871. The number of hydrogen-bond acceptors (Lipinski definition) is 1. The Balaban J connectivity index is 3.30. The smallest absolute Gasteiger partial charge is 0.0960 e. The molecule has 2 heteroatoms. The molecule has 0 atom stereocenters. The third-order valence-electron chi connectivity index (χ3n) is 1.26. The molecule has 1 N–H and O–H groups in total. The van der Waals surface area contributed by atoms with E-state index in [2.05, 4.69) is 0 Å². The quantitative estimate of drug-likeness (QED) is 0.631. The molecule has 0 aromatic rings. The van der Waals surface area contributed by atoms with E-state index in [0.29, 0.717) is 12.8 Å². The highest BCUT2D eigenvalue weighted by Crippen LogP contribution is 2.08. The van der Waals surface area contributed by atoms with Gasteiger partial charge in [-0.2, -0.15) is 0 Å².